The lowest BCUT2D eigenvalue weighted by Crippen LogP contribution is -2.18. The summed E-state index contributed by atoms with van der Waals surface area (Å²) in [6, 6.07) is 13.6. The Morgan fingerprint density at radius 2 is 1.69 bits per heavy atom. The number of benzene rings is 1. The summed E-state index contributed by atoms with van der Waals surface area (Å²) >= 11 is 0. The Hall–Kier alpha value is -1.83. The topological polar surface area (TPSA) is 22.0 Å². The quantitative estimate of drug-likeness (QED) is 0.767. The number of hydrogen-bond acceptors (Lipinski definition) is 1. The molecule has 2 aromatic rings. The van der Waals surface area contributed by atoms with Gasteiger partial charge in [-0.25, -0.2) is 0 Å². The van der Waals surface area contributed by atoms with Crippen molar-refractivity contribution in [3.63, 3.8) is 0 Å². The first-order valence-corrected chi connectivity index (χ1v) is 5.53. The lowest BCUT2D eigenvalue weighted by atomic mass is 10.1. The molecule has 0 aliphatic heterocycles. The largest absolute Gasteiger partial charge is 0.311 e. The molecule has 0 atom stereocenters. The van der Waals surface area contributed by atoms with Crippen molar-refractivity contribution in [1.82, 2.24) is 4.57 Å². The van der Waals surface area contributed by atoms with Gasteiger partial charge in [-0.2, -0.15) is 0 Å². The highest BCUT2D eigenvalue weighted by atomic mass is 16.1. The van der Waals surface area contributed by atoms with Crippen molar-refractivity contribution >= 4 is 0 Å². The summed E-state index contributed by atoms with van der Waals surface area (Å²) in [5.41, 5.74) is 2.52. The van der Waals surface area contributed by atoms with E-state index in [2.05, 4.69) is 31.2 Å². The fourth-order valence-corrected chi connectivity index (χ4v) is 1.67. The van der Waals surface area contributed by atoms with Crippen LogP contribution in [-0.4, -0.2) is 4.57 Å². The van der Waals surface area contributed by atoms with E-state index in [4.69, 9.17) is 0 Å². The highest BCUT2D eigenvalue weighted by Crippen LogP contribution is 2.05. The second-order valence-electron chi connectivity index (χ2n) is 3.84. The number of aryl methyl sites for hydroxylation is 1. The van der Waals surface area contributed by atoms with Crippen LogP contribution in [0, 0.1) is 0 Å². The normalized spacial score (nSPS) is 10.3. The van der Waals surface area contributed by atoms with Gasteiger partial charge in [0.25, 0.3) is 5.56 Å². The molecule has 16 heavy (non-hydrogen) atoms. The van der Waals surface area contributed by atoms with E-state index in [1.165, 1.54) is 5.56 Å². The number of pyridine rings is 1. The Morgan fingerprint density at radius 1 is 1.00 bits per heavy atom. The first-order chi connectivity index (χ1) is 7.79. The smallest absolute Gasteiger partial charge is 0.250 e. The predicted octanol–water partition coefficient (Wildman–Crippen LogP) is 2.46. The molecule has 1 aromatic carbocycles. The zero-order valence-corrected chi connectivity index (χ0v) is 9.39. The van der Waals surface area contributed by atoms with Crippen LogP contribution in [0.5, 0.6) is 0 Å². The second-order valence-corrected chi connectivity index (χ2v) is 3.84. The highest BCUT2D eigenvalue weighted by Gasteiger charge is 1.96. The molecule has 0 aliphatic carbocycles. The molecule has 82 valence electrons. The molecule has 0 fully saturated rings. The molecule has 2 heteroatoms. The third kappa shape index (κ3) is 2.40. The Morgan fingerprint density at radius 3 is 2.31 bits per heavy atom. The highest BCUT2D eigenvalue weighted by molar-refractivity contribution is 5.22. The van der Waals surface area contributed by atoms with E-state index in [1.807, 2.05) is 12.3 Å². The van der Waals surface area contributed by atoms with Gasteiger partial charge in [0.1, 0.15) is 0 Å². The lowest BCUT2D eigenvalue weighted by Gasteiger charge is -2.05. The average molecular weight is 213 g/mol. The molecule has 0 N–H and O–H groups in total. The minimum Gasteiger partial charge on any atom is -0.311 e. The molecule has 2 nitrogen and oxygen atoms in total. The summed E-state index contributed by atoms with van der Waals surface area (Å²) in [5, 5.41) is 0. The standard InChI is InChI=1S/C14H15NO/c1-2-12-6-8-13(9-7-12)11-15-10-4-3-5-14(15)16/h3-10H,2,11H2,1H3. The van der Waals surface area contributed by atoms with Crippen molar-refractivity contribution < 1.29 is 0 Å². The summed E-state index contributed by atoms with van der Waals surface area (Å²) in [6.45, 7) is 2.78. The molecule has 0 radical (unpaired) electrons. The first kappa shape index (κ1) is 10.7. The molecule has 2 rings (SSSR count). The van der Waals surface area contributed by atoms with Crippen LogP contribution in [0.25, 0.3) is 0 Å². The molecule has 1 aromatic heterocycles. The average Bonchev–Trinajstić information content (AvgIpc) is 2.33. The van der Waals surface area contributed by atoms with Crippen LogP contribution in [0.3, 0.4) is 0 Å². The van der Waals surface area contributed by atoms with E-state index in [1.54, 1.807) is 16.7 Å². The number of nitrogens with zero attached hydrogens (tertiary/aromatic N) is 1. The third-order valence-corrected chi connectivity index (χ3v) is 2.68. The second kappa shape index (κ2) is 4.79. The van der Waals surface area contributed by atoms with Gasteiger partial charge in [0.15, 0.2) is 0 Å². The zero-order valence-electron chi connectivity index (χ0n) is 9.39. The summed E-state index contributed by atoms with van der Waals surface area (Å²) in [7, 11) is 0. The fourth-order valence-electron chi connectivity index (χ4n) is 1.67. The van der Waals surface area contributed by atoms with E-state index < -0.39 is 0 Å². The minimum atomic E-state index is 0.0436. The van der Waals surface area contributed by atoms with Crippen molar-refractivity contribution in [1.29, 1.82) is 0 Å². The Kier molecular flexibility index (Phi) is 3.20. The van der Waals surface area contributed by atoms with Crippen LogP contribution in [-0.2, 0) is 13.0 Å². The summed E-state index contributed by atoms with van der Waals surface area (Å²) in [5.74, 6) is 0. The van der Waals surface area contributed by atoms with E-state index in [-0.39, 0.29) is 5.56 Å². The Balaban J connectivity index is 2.21. The van der Waals surface area contributed by atoms with E-state index in [9.17, 15) is 4.79 Å². The van der Waals surface area contributed by atoms with Gasteiger partial charge in [0, 0.05) is 12.3 Å². The summed E-state index contributed by atoms with van der Waals surface area (Å²) in [6.07, 6.45) is 2.86. The Labute approximate surface area is 95.2 Å². The molecule has 0 bridgehead atoms. The molecule has 1 heterocycles. The van der Waals surface area contributed by atoms with E-state index >= 15 is 0 Å². The van der Waals surface area contributed by atoms with Crippen molar-refractivity contribution in [2.45, 2.75) is 19.9 Å². The summed E-state index contributed by atoms with van der Waals surface area (Å²) < 4.78 is 1.71. The molecule has 0 aliphatic rings. The van der Waals surface area contributed by atoms with Gasteiger partial charge in [-0.15, -0.1) is 0 Å². The number of hydrogen-bond donors (Lipinski definition) is 0. The van der Waals surface area contributed by atoms with Crippen molar-refractivity contribution in [3.8, 4) is 0 Å². The molecule has 0 unspecified atom stereocenters. The van der Waals surface area contributed by atoms with Crippen LogP contribution in [0.2, 0.25) is 0 Å². The van der Waals surface area contributed by atoms with Gasteiger partial charge in [0.2, 0.25) is 0 Å². The van der Waals surface area contributed by atoms with Gasteiger partial charge < -0.3 is 4.57 Å². The molecule has 0 saturated heterocycles. The van der Waals surface area contributed by atoms with Crippen LogP contribution in [0.15, 0.2) is 53.5 Å². The maximum absolute atomic E-state index is 11.5. The SMILES string of the molecule is CCc1ccc(Cn2ccccc2=O)cc1. The van der Waals surface area contributed by atoms with Gasteiger partial charge in [-0.3, -0.25) is 4.79 Å². The minimum absolute atomic E-state index is 0.0436. The zero-order chi connectivity index (χ0) is 11.4. The van der Waals surface area contributed by atoms with Gasteiger partial charge in [-0.1, -0.05) is 37.3 Å². The lowest BCUT2D eigenvalue weighted by molar-refractivity contribution is 0.759. The van der Waals surface area contributed by atoms with Crippen molar-refractivity contribution in [2.24, 2.45) is 0 Å². The third-order valence-electron chi connectivity index (χ3n) is 2.68. The molecular formula is C14H15NO. The van der Waals surface area contributed by atoms with Crippen LogP contribution < -0.4 is 5.56 Å². The van der Waals surface area contributed by atoms with E-state index in [0.29, 0.717) is 6.54 Å². The van der Waals surface area contributed by atoms with Crippen LogP contribution >= 0.6 is 0 Å². The molecule has 0 saturated carbocycles. The summed E-state index contributed by atoms with van der Waals surface area (Å²) in [4.78, 5) is 11.5. The molecule has 0 amide bonds. The van der Waals surface area contributed by atoms with Crippen LogP contribution in [0.4, 0.5) is 0 Å². The van der Waals surface area contributed by atoms with Crippen LogP contribution in [0.1, 0.15) is 18.1 Å². The van der Waals surface area contributed by atoms with Crippen molar-refractivity contribution in [3.05, 3.63) is 70.1 Å². The first-order valence-electron chi connectivity index (χ1n) is 5.53. The predicted molar refractivity (Wildman–Crippen MR) is 65.6 cm³/mol. The number of aromatic nitrogens is 1. The Bertz CT molecular complexity index is 511. The van der Waals surface area contributed by atoms with Gasteiger partial charge in [0.05, 0.1) is 6.54 Å². The van der Waals surface area contributed by atoms with Gasteiger partial charge in [-0.05, 0) is 23.6 Å². The fraction of sp³-hybridized carbons (Fsp3) is 0.214. The maximum atomic E-state index is 11.5. The maximum Gasteiger partial charge on any atom is 0.250 e. The van der Waals surface area contributed by atoms with Crippen molar-refractivity contribution in [2.75, 3.05) is 0 Å². The van der Waals surface area contributed by atoms with E-state index in [0.717, 1.165) is 12.0 Å². The number of rotatable bonds is 3. The van der Waals surface area contributed by atoms with Gasteiger partial charge >= 0.3 is 0 Å². The monoisotopic (exact) mass is 213 g/mol. The molecule has 0 spiro atoms. The molecular weight excluding hydrogens is 198 g/mol.